The molecule has 1 heterocycles. The molecule has 1 unspecified atom stereocenters. The molecule has 0 aliphatic rings. The molecule has 1 atom stereocenters. The quantitative estimate of drug-likeness (QED) is 0.781. The summed E-state index contributed by atoms with van der Waals surface area (Å²) in [6, 6.07) is 3.92. The highest BCUT2D eigenvalue weighted by molar-refractivity contribution is 5.17. The first-order chi connectivity index (χ1) is 8.73. The molecule has 0 amide bonds. The van der Waals surface area contributed by atoms with Crippen molar-refractivity contribution in [2.75, 3.05) is 0 Å². The molecule has 0 aliphatic carbocycles. The van der Waals surface area contributed by atoms with Gasteiger partial charge in [-0.15, -0.1) is 0 Å². The SMILES string of the molecule is CCCn1c(CC(C)CC(C)(C)C)cc(C)cc1=O. The van der Waals surface area contributed by atoms with Crippen molar-refractivity contribution in [3.63, 3.8) is 0 Å². The van der Waals surface area contributed by atoms with E-state index in [4.69, 9.17) is 0 Å². The summed E-state index contributed by atoms with van der Waals surface area (Å²) in [5, 5.41) is 0. The third kappa shape index (κ3) is 5.22. The van der Waals surface area contributed by atoms with Crippen LogP contribution < -0.4 is 5.56 Å². The van der Waals surface area contributed by atoms with Gasteiger partial charge in [0.05, 0.1) is 0 Å². The largest absolute Gasteiger partial charge is 0.313 e. The topological polar surface area (TPSA) is 22.0 Å². The number of hydrogen-bond donors (Lipinski definition) is 0. The van der Waals surface area contributed by atoms with Gasteiger partial charge < -0.3 is 4.57 Å². The third-order valence-corrected chi connectivity index (χ3v) is 3.32. The molecule has 1 aromatic rings. The summed E-state index contributed by atoms with van der Waals surface area (Å²) in [4.78, 5) is 12.1. The van der Waals surface area contributed by atoms with E-state index in [1.807, 2.05) is 11.5 Å². The van der Waals surface area contributed by atoms with Gasteiger partial charge in [0.2, 0.25) is 0 Å². The Labute approximate surface area is 117 Å². The first-order valence-electron chi connectivity index (χ1n) is 7.43. The summed E-state index contributed by atoms with van der Waals surface area (Å²) in [6.45, 7) is 14.1. The average Bonchev–Trinajstić information content (AvgIpc) is 2.20. The Morgan fingerprint density at radius 2 is 1.89 bits per heavy atom. The Bertz CT molecular complexity index is 465. The number of aromatic nitrogens is 1. The van der Waals surface area contributed by atoms with Gasteiger partial charge in [-0.05, 0) is 49.1 Å². The maximum absolute atomic E-state index is 12.1. The molecule has 19 heavy (non-hydrogen) atoms. The average molecular weight is 263 g/mol. The van der Waals surface area contributed by atoms with E-state index in [1.165, 1.54) is 12.1 Å². The Hall–Kier alpha value is -1.05. The van der Waals surface area contributed by atoms with Gasteiger partial charge in [-0.3, -0.25) is 4.79 Å². The molecule has 0 saturated carbocycles. The normalized spacial score (nSPS) is 13.6. The van der Waals surface area contributed by atoms with Crippen LogP contribution in [0.3, 0.4) is 0 Å². The highest BCUT2D eigenvalue weighted by Crippen LogP contribution is 2.26. The van der Waals surface area contributed by atoms with Crippen molar-refractivity contribution in [1.29, 1.82) is 0 Å². The van der Waals surface area contributed by atoms with Crippen LogP contribution in [-0.2, 0) is 13.0 Å². The Kier molecular flexibility index (Phi) is 5.39. The van der Waals surface area contributed by atoms with Crippen LogP contribution in [-0.4, -0.2) is 4.57 Å². The number of nitrogens with zero attached hydrogens (tertiary/aromatic N) is 1. The lowest BCUT2D eigenvalue weighted by atomic mass is 9.83. The van der Waals surface area contributed by atoms with E-state index in [0.717, 1.165) is 24.9 Å². The molecule has 0 saturated heterocycles. The number of aryl methyl sites for hydroxylation is 1. The van der Waals surface area contributed by atoms with E-state index >= 15 is 0 Å². The van der Waals surface area contributed by atoms with Gasteiger partial charge in [-0.25, -0.2) is 0 Å². The second kappa shape index (κ2) is 6.40. The van der Waals surface area contributed by atoms with Gasteiger partial charge in [0.25, 0.3) is 5.56 Å². The Morgan fingerprint density at radius 1 is 1.26 bits per heavy atom. The Morgan fingerprint density at radius 3 is 2.42 bits per heavy atom. The fraction of sp³-hybridized carbons (Fsp3) is 0.706. The minimum Gasteiger partial charge on any atom is -0.313 e. The zero-order valence-corrected chi connectivity index (χ0v) is 13.4. The minimum absolute atomic E-state index is 0.153. The van der Waals surface area contributed by atoms with Crippen LogP contribution in [0.5, 0.6) is 0 Å². The Balaban J connectivity index is 2.96. The highest BCUT2D eigenvalue weighted by atomic mass is 16.1. The van der Waals surface area contributed by atoms with Crippen molar-refractivity contribution in [3.8, 4) is 0 Å². The maximum Gasteiger partial charge on any atom is 0.250 e. The molecular weight excluding hydrogens is 234 g/mol. The summed E-state index contributed by atoms with van der Waals surface area (Å²) >= 11 is 0. The standard InChI is InChI=1S/C17H29NO/c1-7-8-18-15(9-13(2)11-16(18)19)10-14(3)12-17(4,5)6/h9,11,14H,7-8,10,12H2,1-6H3. The molecule has 0 fully saturated rings. The molecule has 0 spiro atoms. The van der Waals surface area contributed by atoms with E-state index in [9.17, 15) is 4.79 Å². The van der Waals surface area contributed by atoms with Crippen LogP contribution in [0.2, 0.25) is 0 Å². The van der Waals surface area contributed by atoms with Crippen LogP contribution in [0.25, 0.3) is 0 Å². The van der Waals surface area contributed by atoms with Crippen molar-refractivity contribution < 1.29 is 0 Å². The van der Waals surface area contributed by atoms with Crippen molar-refractivity contribution in [3.05, 3.63) is 33.7 Å². The summed E-state index contributed by atoms with van der Waals surface area (Å²) in [6.07, 6.45) is 3.18. The molecule has 0 radical (unpaired) electrons. The summed E-state index contributed by atoms with van der Waals surface area (Å²) in [5.41, 5.74) is 2.78. The highest BCUT2D eigenvalue weighted by Gasteiger charge is 2.17. The molecule has 108 valence electrons. The molecule has 0 aromatic carbocycles. The maximum atomic E-state index is 12.1. The van der Waals surface area contributed by atoms with E-state index in [0.29, 0.717) is 11.3 Å². The molecule has 2 nitrogen and oxygen atoms in total. The van der Waals surface area contributed by atoms with Crippen molar-refractivity contribution in [2.24, 2.45) is 11.3 Å². The number of rotatable bonds is 5. The molecular formula is C17H29NO. The van der Waals surface area contributed by atoms with Gasteiger partial charge in [0.1, 0.15) is 0 Å². The summed E-state index contributed by atoms with van der Waals surface area (Å²) in [5.74, 6) is 0.601. The van der Waals surface area contributed by atoms with Crippen LogP contribution in [0.1, 0.15) is 58.7 Å². The van der Waals surface area contributed by atoms with Gasteiger partial charge in [0.15, 0.2) is 0 Å². The van der Waals surface area contributed by atoms with E-state index in [1.54, 1.807) is 6.07 Å². The molecule has 1 aromatic heterocycles. The predicted molar refractivity (Wildman–Crippen MR) is 82.7 cm³/mol. The van der Waals surface area contributed by atoms with E-state index < -0.39 is 0 Å². The molecule has 0 N–H and O–H groups in total. The van der Waals surface area contributed by atoms with Gasteiger partial charge in [-0.1, -0.05) is 34.6 Å². The first kappa shape index (κ1) is 16.0. The van der Waals surface area contributed by atoms with Crippen LogP contribution in [0.4, 0.5) is 0 Å². The molecule has 2 heteroatoms. The molecule has 1 rings (SSSR count). The van der Waals surface area contributed by atoms with Crippen LogP contribution >= 0.6 is 0 Å². The monoisotopic (exact) mass is 263 g/mol. The predicted octanol–water partition coefficient (Wildman–Crippen LogP) is 4.18. The smallest absolute Gasteiger partial charge is 0.250 e. The second-order valence-corrected chi connectivity index (χ2v) is 7.09. The lowest BCUT2D eigenvalue weighted by molar-refractivity contribution is 0.302. The van der Waals surface area contributed by atoms with Gasteiger partial charge in [-0.2, -0.15) is 0 Å². The summed E-state index contributed by atoms with van der Waals surface area (Å²) < 4.78 is 1.95. The zero-order valence-electron chi connectivity index (χ0n) is 13.4. The fourth-order valence-corrected chi connectivity index (χ4v) is 2.92. The van der Waals surface area contributed by atoms with Crippen LogP contribution in [0, 0.1) is 18.3 Å². The van der Waals surface area contributed by atoms with Crippen molar-refractivity contribution in [1.82, 2.24) is 4.57 Å². The zero-order chi connectivity index (χ0) is 14.6. The molecule has 0 aliphatic heterocycles. The van der Waals surface area contributed by atoms with Crippen molar-refractivity contribution >= 4 is 0 Å². The van der Waals surface area contributed by atoms with Crippen LogP contribution in [0.15, 0.2) is 16.9 Å². The van der Waals surface area contributed by atoms with Crippen molar-refractivity contribution in [2.45, 2.75) is 67.3 Å². The van der Waals surface area contributed by atoms with E-state index in [-0.39, 0.29) is 5.56 Å². The summed E-state index contributed by atoms with van der Waals surface area (Å²) in [7, 11) is 0. The number of pyridine rings is 1. The number of hydrogen-bond acceptors (Lipinski definition) is 1. The van der Waals surface area contributed by atoms with Gasteiger partial charge in [0, 0.05) is 18.3 Å². The lowest BCUT2D eigenvalue weighted by Gasteiger charge is -2.24. The fourth-order valence-electron chi connectivity index (χ4n) is 2.92. The minimum atomic E-state index is 0.153. The lowest BCUT2D eigenvalue weighted by Crippen LogP contribution is -2.25. The van der Waals surface area contributed by atoms with Gasteiger partial charge >= 0.3 is 0 Å². The second-order valence-electron chi connectivity index (χ2n) is 7.09. The molecule has 0 bridgehead atoms. The first-order valence-corrected chi connectivity index (χ1v) is 7.43. The van der Waals surface area contributed by atoms with E-state index in [2.05, 4.69) is 40.7 Å². The third-order valence-electron chi connectivity index (χ3n) is 3.32.